The Labute approximate surface area is 116 Å². The fourth-order valence-corrected chi connectivity index (χ4v) is 1.97. The maximum Gasteiger partial charge on any atom is 0.231 e. The monoisotopic (exact) mass is 270 g/mol. The summed E-state index contributed by atoms with van der Waals surface area (Å²) in [6, 6.07) is 12.8. The lowest BCUT2D eigenvalue weighted by molar-refractivity contribution is 0.174. The number of hydrogen-bond donors (Lipinski definition) is 2. The molecule has 1 aliphatic rings. The lowest BCUT2D eigenvalue weighted by Gasteiger charge is -2.09. The second kappa shape index (κ2) is 5.13. The Bertz CT molecular complexity index is 655. The van der Waals surface area contributed by atoms with E-state index in [1.807, 2.05) is 42.5 Å². The summed E-state index contributed by atoms with van der Waals surface area (Å²) >= 11 is 0. The summed E-state index contributed by atoms with van der Waals surface area (Å²) in [5.74, 6) is 2.43. The molecule has 0 aliphatic carbocycles. The molecule has 2 aromatic rings. The van der Waals surface area contributed by atoms with E-state index < -0.39 is 0 Å². The summed E-state index contributed by atoms with van der Waals surface area (Å²) in [4.78, 5) is 0. The van der Waals surface area contributed by atoms with Gasteiger partial charge in [-0.1, -0.05) is 12.1 Å². The number of anilines is 1. The zero-order valence-corrected chi connectivity index (χ0v) is 11.0. The summed E-state index contributed by atoms with van der Waals surface area (Å²) in [5, 5.41) is 11.1. The Morgan fingerprint density at radius 1 is 1.15 bits per heavy atom. The quantitative estimate of drug-likeness (QED) is 0.665. The molecule has 5 heteroatoms. The minimum atomic E-state index is 0.242. The number of benzene rings is 2. The molecule has 0 radical (unpaired) electrons. The van der Waals surface area contributed by atoms with Crippen LogP contribution in [0.3, 0.4) is 0 Å². The molecule has 3 rings (SSSR count). The van der Waals surface area contributed by atoms with E-state index in [0.717, 1.165) is 22.7 Å². The van der Waals surface area contributed by atoms with Crippen LogP contribution in [0.4, 0.5) is 5.69 Å². The summed E-state index contributed by atoms with van der Waals surface area (Å²) in [5.41, 5.74) is 1.53. The van der Waals surface area contributed by atoms with Crippen LogP contribution in [0.1, 0.15) is 5.56 Å². The van der Waals surface area contributed by atoms with Gasteiger partial charge < -0.3 is 19.5 Å². The highest BCUT2D eigenvalue weighted by molar-refractivity contribution is 6.06. The van der Waals surface area contributed by atoms with Gasteiger partial charge in [0.1, 0.15) is 11.6 Å². The van der Waals surface area contributed by atoms with Crippen molar-refractivity contribution in [2.24, 2.45) is 0 Å². The van der Waals surface area contributed by atoms with Crippen LogP contribution in [0, 0.1) is 5.41 Å². The number of ether oxygens (including phenoxy) is 3. The average Bonchev–Trinajstić information content (AvgIpc) is 2.95. The fourth-order valence-electron chi connectivity index (χ4n) is 1.97. The first-order valence-corrected chi connectivity index (χ1v) is 6.16. The highest BCUT2D eigenvalue weighted by atomic mass is 16.7. The maximum absolute atomic E-state index is 8.10. The van der Waals surface area contributed by atoms with E-state index >= 15 is 0 Å². The third-order valence-electron chi connectivity index (χ3n) is 3.00. The first kappa shape index (κ1) is 12.3. The summed E-state index contributed by atoms with van der Waals surface area (Å²) < 4.78 is 15.7. The van der Waals surface area contributed by atoms with Crippen LogP contribution in [0.25, 0.3) is 0 Å². The van der Waals surface area contributed by atoms with Gasteiger partial charge in [0, 0.05) is 17.3 Å². The number of hydrogen-bond acceptors (Lipinski definition) is 4. The molecule has 5 nitrogen and oxygen atoms in total. The van der Waals surface area contributed by atoms with E-state index in [1.165, 1.54) is 0 Å². The number of nitrogens with one attached hydrogen (secondary N) is 2. The predicted molar refractivity (Wildman–Crippen MR) is 76.0 cm³/mol. The molecule has 0 spiro atoms. The van der Waals surface area contributed by atoms with Crippen molar-refractivity contribution < 1.29 is 14.2 Å². The van der Waals surface area contributed by atoms with Gasteiger partial charge in [0.25, 0.3) is 0 Å². The zero-order chi connectivity index (χ0) is 13.9. The van der Waals surface area contributed by atoms with Crippen molar-refractivity contribution in [2.45, 2.75) is 0 Å². The molecule has 2 N–H and O–H groups in total. The minimum Gasteiger partial charge on any atom is -0.497 e. The van der Waals surface area contributed by atoms with E-state index in [9.17, 15) is 0 Å². The minimum absolute atomic E-state index is 0.242. The summed E-state index contributed by atoms with van der Waals surface area (Å²) in [6.45, 7) is 0.242. The molecule has 0 aromatic heterocycles. The van der Waals surface area contributed by atoms with Gasteiger partial charge in [0.05, 0.1) is 7.11 Å². The molecule has 0 atom stereocenters. The average molecular weight is 270 g/mol. The van der Waals surface area contributed by atoms with Gasteiger partial charge >= 0.3 is 0 Å². The number of amidine groups is 1. The van der Waals surface area contributed by atoms with Gasteiger partial charge in [-0.2, -0.15) is 0 Å². The Kier molecular flexibility index (Phi) is 3.16. The Hall–Kier alpha value is -2.69. The lowest BCUT2D eigenvalue weighted by Crippen LogP contribution is -2.11. The zero-order valence-electron chi connectivity index (χ0n) is 11.0. The van der Waals surface area contributed by atoms with Crippen LogP contribution in [0.15, 0.2) is 42.5 Å². The van der Waals surface area contributed by atoms with Crippen molar-refractivity contribution in [1.82, 2.24) is 0 Å². The van der Waals surface area contributed by atoms with Crippen LogP contribution >= 0.6 is 0 Å². The number of rotatable bonds is 3. The predicted octanol–water partition coefficient (Wildman–Crippen LogP) is 2.86. The van der Waals surface area contributed by atoms with Crippen LogP contribution in [0.5, 0.6) is 17.2 Å². The largest absolute Gasteiger partial charge is 0.497 e. The molecule has 0 saturated heterocycles. The highest BCUT2D eigenvalue weighted by Gasteiger charge is 2.13. The van der Waals surface area contributed by atoms with E-state index in [-0.39, 0.29) is 6.79 Å². The summed E-state index contributed by atoms with van der Waals surface area (Å²) in [7, 11) is 1.61. The van der Waals surface area contributed by atoms with Gasteiger partial charge in [-0.05, 0) is 24.3 Å². The fraction of sp³-hybridized carbons (Fsp3) is 0.133. The molecular weight excluding hydrogens is 256 g/mol. The topological polar surface area (TPSA) is 63.6 Å². The lowest BCUT2D eigenvalue weighted by atomic mass is 10.2. The molecule has 0 saturated carbocycles. The van der Waals surface area contributed by atoms with Crippen molar-refractivity contribution in [3.63, 3.8) is 0 Å². The molecule has 0 unspecified atom stereocenters. The van der Waals surface area contributed by atoms with E-state index in [4.69, 9.17) is 19.6 Å². The first-order chi connectivity index (χ1) is 9.76. The second-order valence-electron chi connectivity index (χ2n) is 4.30. The van der Waals surface area contributed by atoms with Crippen LogP contribution in [0.2, 0.25) is 0 Å². The number of fused-ring (bicyclic) bond motifs is 1. The molecule has 1 heterocycles. The Morgan fingerprint density at radius 3 is 2.85 bits per heavy atom. The van der Waals surface area contributed by atoms with Crippen molar-refractivity contribution >= 4 is 11.5 Å². The van der Waals surface area contributed by atoms with Crippen LogP contribution in [-0.2, 0) is 0 Å². The van der Waals surface area contributed by atoms with Gasteiger partial charge in [-0.3, -0.25) is 5.41 Å². The molecule has 0 amide bonds. The highest BCUT2D eigenvalue weighted by Crippen LogP contribution is 2.34. The Morgan fingerprint density at radius 2 is 2.00 bits per heavy atom. The van der Waals surface area contributed by atoms with E-state index in [0.29, 0.717) is 11.6 Å². The standard InChI is InChI=1S/C15H14N2O3/c1-18-12-4-2-3-10(7-12)15(16)17-11-5-6-13-14(8-11)20-9-19-13/h2-8H,9H2,1H3,(H2,16,17). The van der Waals surface area contributed by atoms with Gasteiger partial charge in [0.2, 0.25) is 6.79 Å². The van der Waals surface area contributed by atoms with Crippen molar-refractivity contribution in [3.05, 3.63) is 48.0 Å². The molecule has 1 aliphatic heterocycles. The molecule has 0 fully saturated rings. The second-order valence-corrected chi connectivity index (χ2v) is 4.30. The van der Waals surface area contributed by atoms with Crippen LogP contribution < -0.4 is 19.5 Å². The van der Waals surface area contributed by atoms with E-state index in [1.54, 1.807) is 7.11 Å². The smallest absolute Gasteiger partial charge is 0.231 e. The van der Waals surface area contributed by atoms with Crippen molar-refractivity contribution in [3.8, 4) is 17.2 Å². The third-order valence-corrected chi connectivity index (χ3v) is 3.00. The molecule has 2 aromatic carbocycles. The normalized spacial score (nSPS) is 12.1. The molecular formula is C15H14N2O3. The molecule has 0 bridgehead atoms. The van der Waals surface area contributed by atoms with Gasteiger partial charge in [-0.25, -0.2) is 0 Å². The maximum atomic E-state index is 8.10. The van der Waals surface area contributed by atoms with Crippen molar-refractivity contribution in [2.75, 3.05) is 19.2 Å². The van der Waals surface area contributed by atoms with Gasteiger partial charge in [0.15, 0.2) is 11.5 Å². The molecule has 102 valence electrons. The first-order valence-electron chi connectivity index (χ1n) is 6.16. The van der Waals surface area contributed by atoms with Crippen LogP contribution in [-0.4, -0.2) is 19.7 Å². The Balaban J connectivity index is 1.78. The van der Waals surface area contributed by atoms with Crippen molar-refractivity contribution in [1.29, 1.82) is 5.41 Å². The number of methoxy groups -OCH3 is 1. The molecule has 20 heavy (non-hydrogen) atoms. The third kappa shape index (κ3) is 2.38. The summed E-state index contributed by atoms with van der Waals surface area (Å²) in [6.07, 6.45) is 0. The SMILES string of the molecule is COc1cccc(C(=N)Nc2ccc3c(c2)OCO3)c1. The van der Waals surface area contributed by atoms with E-state index in [2.05, 4.69) is 5.32 Å². The van der Waals surface area contributed by atoms with Gasteiger partial charge in [-0.15, -0.1) is 0 Å².